The van der Waals surface area contributed by atoms with Crippen molar-refractivity contribution >= 4 is 98.4 Å². The average molecular weight is 1430 g/mol. The maximum Gasteiger partial charge on any atom is 1.00 e. The number of aromatic nitrogens is 12. The van der Waals surface area contributed by atoms with Gasteiger partial charge in [-0.05, 0) is 82.7 Å². The molecule has 0 atom stereocenters. The number of benzene rings is 4. The number of pyridine rings is 8. The maximum absolute atomic E-state index is 10.8. The van der Waals surface area contributed by atoms with Crippen LogP contribution in [0.5, 0.6) is 11.5 Å². The van der Waals surface area contributed by atoms with Gasteiger partial charge in [-0.3, -0.25) is 49.5 Å². The molecule has 460 valence electrons. The average Bonchev–Trinajstić information content (AvgIpc) is 1.95. The number of para-hydroxylation sites is 4. The number of nitrogens with zero attached hydrogens (tertiary/aromatic N) is 12. The van der Waals surface area contributed by atoms with E-state index in [4.69, 9.17) is 5.11 Å². The molecule has 0 saturated heterocycles. The van der Waals surface area contributed by atoms with Crippen LogP contribution in [-0.2, 0) is 48.5 Å². The SMILES string of the molecule is F[P-](F)(F)(F)(F)F.O=COc1ccnc(-c2cc(C(=O)O)ccn2)c1.O=COc1ccnc(-c2cc(C(=O)[O-])ccn2)c1.[Ru+].[Ru+].c1ccc2[n-]c(-c3nc4ccccc4[n-]3)nc2c1.c1cnc2c(c1)ccc1cccnc12.c1cnc2c(c1)ccc1cccnc12. The van der Waals surface area contributed by atoms with E-state index in [0.717, 1.165) is 65.7 Å². The summed E-state index contributed by atoms with van der Waals surface area (Å²) >= 11 is 0. The number of hydrogen-bond donors (Lipinski definition) is 1. The van der Waals surface area contributed by atoms with Crippen molar-refractivity contribution in [3.05, 3.63) is 231 Å². The molecule has 1 N–H and O–H groups in total. The number of halogens is 6. The molecule has 20 nitrogen and oxygen atoms in total. The second-order valence-corrected chi connectivity index (χ2v) is 20.0. The van der Waals surface area contributed by atoms with Crippen molar-refractivity contribution in [3.8, 4) is 45.9 Å². The number of carbonyl (C=O) groups is 4. The second-order valence-electron chi connectivity index (χ2n) is 18.1. The van der Waals surface area contributed by atoms with Crippen LogP contribution in [0.25, 0.3) is 100 Å². The van der Waals surface area contributed by atoms with Crippen molar-refractivity contribution in [2.75, 3.05) is 0 Å². The summed E-state index contributed by atoms with van der Waals surface area (Å²) in [6, 6.07) is 51.3. The predicted molar refractivity (Wildman–Crippen MR) is 316 cm³/mol. The molecule has 0 aliphatic heterocycles. The first-order chi connectivity index (χ1) is 42.7. The zero-order valence-electron chi connectivity index (χ0n) is 46.0. The van der Waals surface area contributed by atoms with Gasteiger partial charge in [-0.2, -0.15) is 0 Å². The van der Waals surface area contributed by atoms with Gasteiger partial charge in [0.15, 0.2) is 0 Å². The van der Waals surface area contributed by atoms with E-state index in [1.54, 1.807) is 24.8 Å². The molecule has 0 aliphatic carbocycles. The van der Waals surface area contributed by atoms with E-state index in [9.17, 15) is 49.5 Å². The zero-order valence-corrected chi connectivity index (χ0v) is 50.4. The Morgan fingerprint density at radius 1 is 0.418 bits per heavy atom. The first-order valence-electron chi connectivity index (χ1n) is 25.7. The molecule has 91 heavy (non-hydrogen) atoms. The van der Waals surface area contributed by atoms with Crippen LogP contribution < -0.4 is 24.5 Å². The van der Waals surface area contributed by atoms with Crippen molar-refractivity contribution in [2.24, 2.45) is 0 Å². The molecule has 10 aromatic heterocycles. The Kier molecular flexibility index (Phi) is 21.9. The van der Waals surface area contributed by atoms with E-state index in [2.05, 4.69) is 118 Å². The van der Waals surface area contributed by atoms with Crippen LogP contribution in [0, 0.1) is 0 Å². The Balaban J connectivity index is 0.000000157. The maximum atomic E-state index is 10.8. The summed E-state index contributed by atoms with van der Waals surface area (Å²) in [5.74, 6) is -0.536. The van der Waals surface area contributed by atoms with Gasteiger partial charge in [0, 0.05) is 88.8 Å². The smallest absolute Gasteiger partial charge is 0.545 e. The van der Waals surface area contributed by atoms with E-state index in [0.29, 0.717) is 58.9 Å². The molecule has 29 heteroatoms. The predicted octanol–water partition coefficient (Wildman–Crippen LogP) is 12.7. The van der Waals surface area contributed by atoms with Gasteiger partial charge in [0.1, 0.15) is 11.5 Å². The van der Waals surface area contributed by atoms with Crippen LogP contribution in [0.4, 0.5) is 25.2 Å². The molecule has 0 saturated carbocycles. The first-order valence-corrected chi connectivity index (χ1v) is 27.7. The number of carboxylic acids is 2. The van der Waals surface area contributed by atoms with E-state index in [1.165, 1.54) is 73.3 Å². The Bertz CT molecular complexity index is 4410. The third-order valence-electron chi connectivity index (χ3n) is 11.9. The molecule has 0 spiro atoms. The molecular weight excluding hydrogens is 1390 g/mol. The number of hydrogen-bond acceptors (Lipinski definition) is 17. The number of fused-ring (bicyclic) bond motifs is 8. The van der Waals surface area contributed by atoms with Gasteiger partial charge >= 0.3 is 77.9 Å². The number of rotatable bonds is 9. The molecule has 2 radical (unpaired) electrons. The molecule has 0 unspecified atom stereocenters. The summed E-state index contributed by atoms with van der Waals surface area (Å²) in [6.45, 7) is 0.602. The molecular formula is C62H39F6N12O8PRu2-2. The minimum atomic E-state index is -10.7. The van der Waals surface area contributed by atoms with E-state index in [1.807, 2.05) is 72.8 Å². The summed E-state index contributed by atoms with van der Waals surface area (Å²) < 4.78 is 68.5. The molecule has 10 heterocycles. The fourth-order valence-corrected chi connectivity index (χ4v) is 8.13. The van der Waals surface area contributed by atoms with Gasteiger partial charge in [0.2, 0.25) is 0 Å². The first kappa shape index (κ1) is 67.7. The van der Waals surface area contributed by atoms with Gasteiger partial charge in [0.25, 0.3) is 12.9 Å². The van der Waals surface area contributed by atoms with Crippen LogP contribution in [0.2, 0.25) is 0 Å². The fraction of sp³-hybridized carbons (Fsp3) is 0. The standard InChI is InChI=1S/C14H8N4.2C12H8N2O4.2C12H8N2.F6P.2Ru/c1-2-6-10-9(5-1)15-13(16-10)14-17-11-7-3-4-8-12(11)18-14;2*15-7-18-9-2-4-14-11(6-9)10-5-8(12(16)17)1-3-13-10;2*1-3-9-5-6-10-4-2-8-14-12(10)11(9)13-7-1;1-7(2,3,4,5)6;;/h1-8H;2*1-7H,(H,16,17);2*1-8H;;;/q-2;;;;;-1;2*+1/p-1. The third kappa shape index (κ3) is 19.6. The molecule has 4 aromatic carbocycles. The third-order valence-corrected chi connectivity index (χ3v) is 11.9. The Morgan fingerprint density at radius 2 is 0.736 bits per heavy atom. The molecule has 0 bridgehead atoms. The number of aromatic carboxylic acids is 2. The van der Waals surface area contributed by atoms with Gasteiger partial charge < -0.3 is 44.4 Å². The van der Waals surface area contributed by atoms with Crippen molar-refractivity contribution < 1.29 is 103 Å². The topological polar surface area (TPSA) is 287 Å². The van der Waals surface area contributed by atoms with Crippen molar-refractivity contribution in [1.29, 1.82) is 0 Å². The molecule has 0 fully saturated rings. The quantitative estimate of drug-likeness (QED) is 0.0462. The van der Waals surface area contributed by atoms with Gasteiger partial charge in [-0.25, -0.2) is 4.79 Å². The van der Waals surface area contributed by atoms with Gasteiger partial charge in [-0.1, -0.05) is 109 Å². The summed E-state index contributed by atoms with van der Waals surface area (Å²) in [4.78, 5) is 93.2. The summed E-state index contributed by atoms with van der Waals surface area (Å²) in [5.41, 5.74) is 9.11. The molecule has 0 aliphatic rings. The number of carboxylic acid groups (broad SMARTS) is 2. The number of carbonyl (C=O) groups excluding carboxylic acids is 3. The monoisotopic (exact) mass is 1430 g/mol. The second kappa shape index (κ2) is 29.5. The van der Waals surface area contributed by atoms with Crippen LogP contribution in [0.15, 0.2) is 219 Å². The minimum absolute atomic E-state index is 0. The van der Waals surface area contributed by atoms with Gasteiger partial charge in [0.05, 0.1) is 56.4 Å². The van der Waals surface area contributed by atoms with Crippen LogP contribution >= 0.6 is 7.81 Å². The summed E-state index contributed by atoms with van der Waals surface area (Å²) in [7, 11) is -10.7. The van der Waals surface area contributed by atoms with Crippen LogP contribution in [0.1, 0.15) is 20.7 Å². The number of imidazole rings is 2. The van der Waals surface area contributed by atoms with Crippen molar-refractivity contribution in [2.45, 2.75) is 0 Å². The summed E-state index contributed by atoms with van der Waals surface area (Å²) in [5, 5.41) is 24.2. The van der Waals surface area contributed by atoms with E-state index >= 15 is 0 Å². The van der Waals surface area contributed by atoms with Crippen LogP contribution in [0.3, 0.4) is 0 Å². The van der Waals surface area contributed by atoms with Gasteiger partial charge in [-0.15, -0.1) is 0 Å². The molecule has 0 amide bonds. The normalized spacial score (nSPS) is 11.2. The Hall–Kier alpha value is -10.8. The molecule has 14 rings (SSSR count). The van der Waals surface area contributed by atoms with E-state index in [-0.39, 0.29) is 50.1 Å². The summed E-state index contributed by atoms with van der Waals surface area (Å²) in [6.07, 6.45) is 12.8. The minimum Gasteiger partial charge on any atom is -0.545 e. The zero-order chi connectivity index (χ0) is 63.0. The fourth-order valence-electron chi connectivity index (χ4n) is 8.13. The molecule has 14 aromatic rings. The Morgan fingerprint density at radius 3 is 1.07 bits per heavy atom. The number of ether oxygens (including phenoxy) is 2. The Labute approximate surface area is 534 Å². The van der Waals surface area contributed by atoms with Crippen molar-refractivity contribution in [3.63, 3.8) is 0 Å². The van der Waals surface area contributed by atoms with Crippen LogP contribution in [-0.4, -0.2) is 79.8 Å². The van der Waals surface area contributed by atoms with Crippen molar-refractivity contribution in [1.82, 2.24) is 59.8 Å². The largest absolute Gasteiger partial charge is 1.00 e. The van der Waals surface area contributed by atoms with E-state index < -0.39 is 19.7 Å².